The lowest BCUT2D eigenvalue weighted by atomic mass is 9.67. The zero-order valence-electron chi connectivity index (χ0n) is 11.8. The first-order valence-corrected chi connectivity index (χ1v) is 7.94. The molecule has 1 aromatic rings. The first-order valence-electron chi connectivity index (χ1n) is 7.56. The molecule has 2 bridgehead atoms. The molecule has 0 aromatic heterocycles. The molecule has 5 heteroatoms. The monoisotopic (exact) mass is 310 g/mol. The molecule has 2 fully saturated rings. The highest BCUT2D eigenvalue weighted by Crippen LogP contribution is 2.39. The van der Waals surface area contributed by atoms with E-state index < -0.39 is 5.82 Å². The highest BCUT2D eigenvalue weighted by atomic mass is 35.5. The predicted molar refractivity (Wildman–Crippen MR) is 80.7 cm³/mol. The highest BCUT2D eigenvalue weighted by molar-refractivity contribution is 6.31. The first kappa shape index (κ1) is 14.8. The summed E-state index contributed by atoms with van der Waals surface area (Å²) >= 11 is 5.86. The lowest BCUT2D eigenvalue weighted by Crippen LogP contribution is -2.53. The Kier molecular flexibility index (Phi) is 4.18. The van der Waals surface area contributed by atoms with E-state index in [1.54, 1.807) is 0 Å². The second-order valence-electron chi connectivity index (χ2n) is 6.31. The van der Waals surface area contributed by atoms with Gasteiger partial charge in [-0.3, -0.25) is 4.79 Å². The molecule has 21 heavy (non-hydrogen) atoms. The molecule has 2 unspecified atom stereocenters. The number of amides is 1. The Hall–Kier alpha value is -1.13. The molecule has 114 valence electrons. The summed E-state index contributed by atoms with van der Waals surface area (Å²) in [5.74, 6) is -0.0701. The molecular formula is C16H20ClFN2O. The third kappa shape index (κ3) is 3.06. The number of fused-ring (bicyclic) bond motifs is 2. The topological polar surface area (TPSA) is 55.1 Å². The van der Waals surface area contributed by atoms with E-state index in [0.29, 0.717) is 16.9 Å². The predicted octanol–water partition coefficient (Wildman–Crippen LogP) is 3.11. The minimum atomic E-state index is -0.533. The van der Waals surface area contributed by atoms with Crippen LogP contribution in [-0.4, -0.2) is 18.0 Å². The summed E-state index contributed by atoms with van der Waals surface area (Å²) in [6.45, 7) is 0. The van der Waals surface area contributed by atoms with Gasteiger partial charge in [0.25, 0.3) is 5.91 Å². The van der Waals surface area contributed by atoms with Crippen LogP contribution in [0, 0.1) is 17.7 Å². The fourth-order valence-electron chi connectivity index (χ4n) is 3.93. The average molecular weight is 311 g/mol. The zero-order chi connectivity index (χ0) is 15.0. The van der Waals surface area contributed by atoms with Gasteiger partial charge in [-0.2, -0.15) is 0 Å². The van der Waals surface area contributed by atoms with Crippen molar-refractivity contribution in [2.24, 2.45) is 17.6 Å². The molecule has 3 N–H and O–H groups in total. The van der Waals surface area contributed by atoms with Crippen molar-refractivity contribution in [3.05, 3.63) is 34.6 Å². The fraction of sp³-hybridized carbons (Fsp3) is 0.562. The number of hydrogen-bond acceptors (Lipinski definition) is 2. The number of carbonyl (C=O) groups is 1. The van der Waals surface area contributed by atoms with Crippen LogP contribution in [0.5, 0.6) is 0 Å². The number of nitrogens with one attached hydrogen (secondary N) is 1. The van der Waals surface area contributed by atoms with Gasteiger partial charge in [0.05, 0.1) is 5.56 Å². The first-order chi connectivity index (χ1) is 10.0. The van der Waals surface area contributed by atoms with Crippen LogP contribution in [0.15, 0.2) is 18.2 Å². The quantitative estimate of drug-likeness (QED) is 0.882. The van der Waals surface area contributed by atoms with Gasteiger partial charge >= 0.3 is 0 Å². The summed E-state index contributed by atoms with van der Waals surface area (Å²) < 4.78 is 13.8. The summed E-state index contributed by atoms with van der Waals surface area (Å²) in [7, 11) is 0. The van der Waals surface area contributed by atoms with Gasteiger partial charge in [-0.05, 0) is 55.7 Å². The van der Waals surface area contributed by atoms with E-state index in [9.17, 15) is 9.18 Å². The molecule has 2 aliphatic rings. The summed E-state index contributed by atoms with van der Waals surface area (Å²) in [5, 5.41) is 3.40. The molecule has 1 amide bonds. The summed E-state index contributed by atoms with van der Waals surface area (Å²) in [6.07, 6.45) is 5.26. The van der Waals surface area contributed by atoms with Crippen molar-refractivity contribution in [3.63, 3.8) is 0 Å². The van der Waals surface area contributed by atoms with Crippen LogP contribution in [0.3, 0.4) is 0 Å². The van der Waals surface area contributed by atoms with Gasteiger partial charge in [0.2, 0.25) is 0 Å². The molecule has 0 aliphatic heterocycles. The van der Waals surface area contributed by atoms with Crippen molar-refractivity contribution < 1.29 is 9.18 Å². The number of hydrogen-bond donors (Lipinski definition) is 2. The van der Waals surface area contributed by atoms with Crippen LogP contribution >= 0.6 is 11.6 Å². The van der Waals surface area contributed by atoms with Gasteiger partial charge < -0.3 is 11.1 Å². The lowest BCUT2D eigenvalue weighted by Gasteiger charge is -2.45. The van der Waals surface area contributed by atoms with E-state index >= 15 is 0 Å². The molecule has 3 rings (SSSR count). The number of halogens is 2. The Morgan fingerprint density at radius 1 is 1.29 bits per heavy atom. The van der Waals surface area contributed by atoms with E-state index in [1.807, 2.05) is 0 Å². The van der Waals surface area contributed by atoms with E-state index in [0.717, 1.165) is 25.7 Å². The molecule has 0 saturated heterocycles. The Bertz CT molecular complexity index is 537. The molecule has 2 aliphatic carbocycles. The molecule has 0 radical (unpaired) electrons. The maximum atomic E-state index is 13.8. The van der Waals surface area contributed by atoms with Crippen LogP contribution in [-0.2, 0) is 0 Å². The Labute approximate surface area is 129 Å². The van der Waals surface area contributed by atoms with Crippen molar-refractivity contribution in [1.82, 2.24) is 5.32 Å². The standard InChI is InChI=1S/C16H20ClFN2O/c17-11-4-5-14(18)13(8-11)16(21)20-15-9-2-1-3-10(15)7-12(19)6-9/h4-5,8-10,12,15H,1-3,6-7,19H2,(H,20,21). The van der Waals surface area contributed by atoms with Gasteiger partial charge in [0.1, 0.15) is 5.82 Å². The Morgan fingerprint density at radius 3 is 2.62 bits per heavy atom. The summed E-state index contributed by atoms with van der Waals surface area (Å²) in [4.78, 5) is 12.4. The van der Waals surface area contributed by atoms with E-state index in [2.05, 4.69) is 5.32 Å². The van der Waals surface area contributed by atoms with Crippen LogP contribution in [0.1, 0.15) is 42.5 Å². The maximum absolute atomic E-state index is 13.8. The van der Waals surface area contributed by atoms with Crippen molar-refractivity contribution in [2.75, 3.05) is 0 Å². The smallest absolute Gasteiger partial charge is 0.254 e. The van der Waals surface area contributed by atoms with Gasteiger partial charge in [-0.15, -0.1) is 0 Å². The van der Waals surface area contributed by atoms with Crippen LogP contribution in [0.2, 0.25) is 5.02 Å². The maximum Gasteiger partial charge on any atom is 0.254 e. The van der Waals surface area contributed by atoms with E-state index in [-0.39, 0.29) is 23.6 Å². The SMILES string of the molecule is NC1CC2CCCC(C1)C2NC(=O)c1cc(Cl)ccc1F. The average Bonchev–Trinajstić information content (AvgIpc) is 2.42. The third-order valence-corrected chi connectivity index (χ3v) is 5.08. The fourth-order valence-corrected chi connectivity index (χ4v) is 4.10. The number of nitrogens with two attached hydrogens (primary N) is 1. The lowest BCUT2D eigenvalue weighted by molar-refractivity contribution is 0.0752. The van der Waals surface area contributed by atoms with Crippen LogP contribution < -0.4 is 11.1 Å². The van der Waals surface area contributed by atoms with Gasteiger partial charge in [-0.1, -0.05) is 18.0 Å². The number of carbonyl (C=O) groups excluding carboxylic acids is 1. The van der Waals surface area contributed by atoms with Crippen molar-refractivity contribution >= 4 is 17.5 Å². The van der Waals surface area contributed by atoms with Crippen LogP contribution in [0.4, 0.5) is 4.39 Å². The highest BCUT2D eigenvalue weighted by Gasteiger charge is 2.40. The van der Waals surface area contributed by atoms with Crippen molar-refractivity contribution in [3.8, 4) is 0 Å². The molecule has 0 heterocycles. The van der Waals surface area contributed by atoms with E-state index in [4.69, 9.17) is 17.3 Å². The second kappa shape index (κ2) is 5.93. The van der Waals surface area contributed by atoms with Gasteiger partial charge in [0, 0.05) is 17.1 Å². The van der Waals surface area contributed by atoms with Crippen molar-refractivity contribution in [1.29, 1.82) is 0 Å². The molecular weight excluding hydrogens is 291 g/mol. The molecule has 1 aromatic carbocycles. The third-order valence-electron chi connectivity index (χ3n) is 4.85. The second-order valence-corrected chi connectivity index (χ2v) is 6.74. The molecule has 0 spiro atoms. The number of rotatable bonds is 2. The zero-order valence-corrected chi connectivity index (χ0v) is 12.6. The minimum Gasteiger partial charge on any atom is -0.349 e. The Balaban J connectivity index is 1.76. The number of benzene rings is 1. The van der Waals surface area contributed by atoms with E-state index in [1.165, 1.54) is 24.6 Å². The normalized spacial score (nSPS) is 31.8. The minimum absolute atomic E-state index is 0.0236. The summed E-state index contributed by atoms with van der Waals surface area (Å²) in [5.41, 5.74) is 6.11. The van der Waals surface area contributed by atoms with Crippen molar-refractivity contribution in [2.45, 2.75) is 44.2 Å². The van der Waals surface area contributed by atoms with Gasteiger partial charge in [-0.25, -0.2) is 4.39 Å². The molecule has 2 atom stereocenters. The molecule has 2 saturated carbocycles. The summed E-state index contributed by atoms with van der Waals surface area (Å²) in [6, 6.07) is 4.41. The van der Waals surface area contributed by atoms with Crippen LogP contribution in [0.25, 0.3) is 0 Å². The Morgan fingerprint density at radius 2 is 1.95 bits per heavy atom. The largest absolute Gasteiger partial charge is 0.349 e. The van der Waals surface area contributed by atoms with Gasteiger partial charge in [0.15, 0.2) is 0 Å². The molecule has 3 nitrogen and oxygen atoms in total.